The highest BCUT2D eigenvalue weighted by Crippen LogP contribution is 2.45. The number of carboxylic acid groups (broad SMARTS) is 1. The fourth-order valence-electron chi connectivity index (χ4n) is 3.76. The van der Waals surface area contributed by atoms with Crippen LogP contribution in [0.2, 0.25) is 0 Å². The third-order valence-corrected chi connectivity index (χ3v) is 5.02. The number of nitrogens with zero attached hydrogens (tertiary/aromatic N) is 1. The first-order chi connectivity index (χ1) is 12.1. The van der Waals surface area contributed by atoms with Crippen LogP contribution in [0.1, 0.15) is 30.1 Å². The Morgan fingerprint density at radius 1 is 1.00 bits per heavy atom. The van der Waals surface area contributed by atoms with Crippen LogP contribution < -0.4 is 0 Å². The number of fused-ring (bicyclic) bond motifs is 3. The molecule has 2 aromatic rings. The van der Waals surface area contributed by atoms with Crippen LogP contribution in [0.3, 0.4) is 0 Å². The van der Waals surface area contributed by atoms with Gasteiger partial charge in [-0.2, -0.15) is 0 Å². The number of rotatable bonds is 2. The molecule has 1 aliphatic carbocycles. The van der Waals surface area contributed by atoms with Crippen LogP contribution in [-0.2, 0) is 9.53 Å². The molecular formula is C20H19NO4. The maximum absolute atomic E-state index is 12.7. The van der Waals surface area contributed by atoms with E-state index in [4.69, 9.17) is 4.74 Å². The Kier molecular flexibility index (Phi) is 3.92. The molecule has 2 aromatic carbocycles. The fourth-order valence-corrected chi connectivity index (χ4v) is 3.76. The highest BCUT2D eigenvalue weighted by molar-refractivity contribution is 5.80. The van der Waals surface area contributed by atoms with Crippen molar-refractivity contribution in [2.45, 2.75) is 18.9 Å². The second-order valence-electron chi connectivity index (χ2n) is 6.56. The summed E-state index contributed by atoms with van der Waals surface area (Å²) in [5.41, 5.74) is 4.11. The molecule has 1 amide bonds. The van der Waals surface area contributed by atoms with Gasteiger partial charge in [0.2, 0.25) is 0 Å². The Morgan fingerprint density at radius 2 is 1.60 bits per heavy atom. The van der Waals surface area contributed by atoms with Gasteiger partial charge in [0.25, 0.3) is 0 Å². The number of benzene rings is 2. The summed E-state index contributed by atoms with van der Waals surface area (Å²) < 4.78 is 5.83. The van der Waals surface area contributed by atoms with E-state index in [0.717, 1.165) is 22.3 Å². The zero-order valence-corrected chi connectivity index (χ0v) is 13.7. The molecular weight excluding hydrogens is 318 g/mol. The normalized spacial score (nSPS) is 19.2. The molecule has 4 rings (SSSR count). The topological polar surface area (TPSA) is 66.8 Å². The summed E-state index contributed by atoms with van der Waals surface area (Å²) in [5.74, 6) is -1.36. The number of aliphatic carboxylic acids is 1. The minimum atomic E-state index is -0.853. The van der Waals surface area contributed by atoms with Gasteiger partial charge in [0, 0.05) is 24.2 Å². The summed E-state index contributed by atoms with van der Waals surface area (Å²) in [6.07, 6.45) is 0.408. The molecule has 1 unspecified atom stereocenters. The van der Waals surface area contributed by atoms with Crippen LogP contribution in [-0.4, -0.2) is 35.2 Å². The van der Waals surface area contributed by atoms with Crippen molar-refractivity contribution in [3.05, 3.63) is 59.7 Å². The van der Waals surface area contributed by atoms with Crippen LogP contribution in [0.4, 0.5) is 4.79 Å². The Balaban J connectivity index is 1.58. The summed E-state index contributed by atoms with van der Waals surface area (Å²) in [6.45, 7) is 0.753. The molecule has 0 spiro atoms. The van der Waals surface area contributed by atoms with Gasteiger partial charge in [0.05, 0.1) is 5.92 Å². The van der Waals surface area contributed by atoms with Gasteiger partial charge in [-0.1, -0.05) is 48.5 Å². The lowest BCUT2D eigenvalue weighted by Gasteiger charge is -2.31. The van der Waals surface area contributed by atoms with Gasteiger partial charge in [-0.05, 0) is 24.0 Å². The molecule has 128 valence electrons. The first kappa shape index (κ1) is 15.7. The predicted octanol–water partition coefficient (Wildman–Crippen LogP) is 3.69. The van der Waals surface area contributed by atoms with E-state index in [9.17, 15) is 14.7 Å². The number of carbonyl (C=O) groups is 2. The standard InChI is InChI=1S/C20H19NO4/c22-19(23)13-6-5-11-21(12-13)20(24)25-18-16-9-3-1-7-14(16)15-8-2-4-10-17(15)18/h1-4,7-10,13,18H,5-6,11-12H2,(H,22,23). The quantitative estimate of drug-likeness (QED) is 0.907. The maximum atomic E-state index is 12.7. The van der Waals surface area contributed by atoms with Gasteiger partial charge in [0.15, 0.2) is 6.10 Å². The highest BCUT2D eigenvalue weighted by atomic mass is 16.6. The lowest BCUT2D eigenvalue weighted by Crippen LogP contribution is -2.42. The lowest BCUT2D eigenvalue weighted by atomic mass is 9.99. The van der Waals surface area contributed by atoms with E-state index in [2.05, 4.69) is 0 Å². The van der Waals surface area contributed by atoms with Crippen LogP contribution in [0, 0.1) is 5.92 Å². The number of carbonyl (C=O) groups excluding carboxylic acids is 1. The van der Waals surface area contributed by atoms with Crippen LogP contribution in [0.15, 0.2) is 48.5 Å². The van der Waals surface area contributed by atoms with Crippen molar-refractivity contribution in [3.8, 4) is 11.1 Å². The molecule has 0 saturated carbocycles. The van der Waals surface area contributed by atoms with Gasteiger partial charge in [0.1, 0.15) is 0 Å². The molecule has 1 atom stereocenters. The minimum absolute atomic E-state index is 0.212. The molecule has 5 heteroatoms. The first-order valence-corrected chi connectivity index (χ1v) is 8.51. The van der Waals surface area contributed by atoms with Crippen LogP contribution >= 0.6 is 0 Å². The highest BCUT2D eigenvalue weighted by Gasteiger charge is 2.34. The average Bonchev–Trinajstić information content (AvgIpc) is 2.96. The smallest absolute Gasteiger partial charge is 0.410 e. The molecule has 0 bridgehead atoms. The maximum Gasteiger partial charge on any atom is 0.410 e. The van der Waals surface area contributed by atoms with Crippen molar-refractivity contribution < 1.29 is 19.4 Å². The second-order valence-corrected chi connectivity index (χ2v) is 6.56. The van der Waals surface area contributed by atoms with Gasteiger partial charge >= 0.3 is 12.1 Å². The Labute approximate surface area is 145 Å². The Bertz CT molecular complexity index is 786. The van der Waals surface area contributed by atoms with E-state index in [1.165, 1.54) is 4.90 Å². The van der Waals surface area contributed by atoms with Crippen molar-refractivity contribution in [2.24, 2.45) is 5.92 Å². The minimum Gasteiger partial charge on any atom is -0.481 e. The predicted molar refractivity (Wildman–Crippen MR) is 92.1 cm³/mol. The van der Waals surface area contributed by atoms with Crippen LogP contribution in [0.25, 0.3) is 11.1 Å². The SMILES string of the molecule is O=C(O)C1CCCN(C(=O)OC2c3ccccc3-c3ccccc32)C1. The third-order valence-electron chi connectivity index (χ3n) is 5.02. The number of likely N-dealkylation sites (tertiary alicyclic amines) is 1. The number of amides is 1. The Hall–Kier alpha value is -2.82. The summed E-state index contributed by atoms with van der Waals surface area (Å²) in [6, 6.07) is 15.8. The van der Waals surface area contributed by atoms with Crippen molar-refractivity contribution >= 4 is 12.1 Å². The second kappa shape index (κ2) is 6.24. The van der Waals surface area contributed by atoms with E-state index in [-0.39, 0.29) is 6.54 Å². The number of hydrogen-bond acceptors (Lipinski definition) is 3. The van der Waals surface area contributed by atoms with Crippen LogP contribution in [0.5, 0.6) is 0 Å². The van der Waals surface area contributed by atoms with E-state index < -0.39 is 24.1 Å². The molecule has 1 saturated heterocycles. The molecule has 1 N–H and O–H groups in total. The summed E-state index contributed by atoms with van der Waals surface area (Å²) >= 11 is 0. The van der Waals surface area contributed by atoms with Crippen molar-refractivity contribution in [2.75, 3.05) is 13.1 Å². The molecule has 2 aliphatic rings. The first-order valence-electron chi connectivity index (χ1n) is 8.51. The lowest BCUT2D eigenvalue weighted by molar-refractivity contribution is -0.143. The van der Waals surface area contributed by atoms with Crippen molar-refractivity contribution in [1.82, 2.24) is 4.90 Å². The van der Waals surface area contributed by atoms with E-state index in [0.29, 0.717) is 19.4 Å². The van der Waals surface area contributed by atoms with E-state index in [1.807, 2.05) is 48.5 Å². The number of ether oxygens (including phenoxy) is 1. The zero-order valence-electron chi connectivity index (χ0n) is 13.7. The third kappa shape index (κ3) is 2.76. The summed E-state index contributed by atoms with van der Waals surface area (Å²) in [7, 11) is 0. The van der Waals surface area contributed by atoms with Gasteiger partial charge in [-0.15, -0.1) is 0 Å². The number of carboxylic acids is 1. The molecule has 0 radical (unpaired) electrons. The van der Waals surface area contributed by atoms with Gasteiger partial charge < -0.3 is 14.7 Å². The molecule has 5 nitrogen and oxygen atoms in total. The Morgan fingerprint density at radius 3 is 2.20 bits per heavy atom. The van der Waals surface area contributed by atoms with Gasteiger partial charge in [-0.3, -0.25) is 4.79 Å². The van der Waals surface area contributed by atoms with E-state index in [1.54, 1.807) is 0 Å². The zero-order chi connectivity index (χ0) is 17.4. The molecule has 1 fully saturated rings. The fraction of sp³-hybridized carbons (Fsp3) is 0.300. The van der Waals surface area contributed by atoms with Crippen molar-refractivity contribution in [1.29, 1.82) is 0 Å². The van der Waals surface area contributed by atoms with Crippen molar-refractivity contribution in [3.63, 3.8) is 0 Å². The molecule has 1 heterocycles. The molecule has 1 aliphatic heterocycles. The molecule has 0 aromatic heterocycles. The van der Waals surface area contributed by atoms with Gasteiger partial charge in [-0.25, -0.2) is 4.79 Å². The van der Waals surface area contributed by atoms with E-state index >= 15 is 0 Å². The largest absolute Gasteiger partial charge is 0.481 e. The monoisotopic (exact) mass is 337 g/mol. The number of piperidine rings is 1. The summed E-state index contributed by atoms with van der Waals surface area (Å²) in [5, 5.41) is 9.20. The summed E-state index contributed by atoms with van der Waals surface area (Å²) in [4.78, 5) is 25.4. The average molecular weight is 337 g/mol. The number of hydrogen-bond donors (Lipinski definition) is 1. The molecule has 25 heavy (non-hydrogen) atoms.